The molecule has 1 amide bonds. The average molecular weight is 327 g/mol. The van der Waals surface area contributed by atoms with Crippen molar-refractivity contribution in [2.45, 2.75) is 52.3 Å². The van der Waals surface area contributed by atoms with E-state index in [4.69, 9.17) is 4.74 Å². The number of carbonyl (C=O) groups excluding carboxylic acids is 1. The molecule has 0 aliphatic carbocycles. The molecule has 5 nitrogen and oxygen atoms in total. The van der Waals surface area contributed by atoms with Crippen LogP contribution in [0.4, 0.5) is 4.79 Å². The zero-order chi connectivity index (χ0) is 17.2. The lowest BCUT2D eigenvalue weighted by molar-refractivity contribution is 0.0198. The lowest BCUT2D eigenvalue weighted by atomic mass is 10.1. The van der Waals surface area contributed by atoms with Crippen LogP contribution in [0.25, 0.3) is 0 Å². The highest BCUT2D eigenvalue weighted by atomic mass is 16.6. The summed E-state index contributed by atoms with van der Waals surface area (Å²) in [6.07, 6.45) is 5.44. The van der Waals surface area contributed by atoms with E-state index in [2.05, 4.69) is 33.8 Å². The van der Waals surface area contributed by atoms with Gasteiger partial charge in [-0.3, -0.25) is 4.98 Å². The van der Waals surface area contributed by atoms with Crippen LogP contribution < -0.4 is 0 Å². The first-order valence-corrected chi connectivity index (χ1v) is 8.46. The van der Waals surface area contributed by atoms with Gasteiger partial charge in [0.15, 0.2) is 0 Å². The Hall–Kier alpha value is -2.30. The maximum Gasteiger partial charge on any atom is 0.410 e. The Morgan fingerprint density at radius 3 is 2.58 bits per heavy atom. The maximum absolute atomic E-state index is 12.2. The largest absolute Gasteiger partial charge is 0.444 e. The molecule has 1 aliphatic rings. The Kier molecular flexibility index (Phi) is 4.60. The molecule has 3 rings (SSSR count). The summed E-state index contributed by atoms with van der Waals surface area (Å²) in [5.74, 6) is 0. The van der Waals surface area contributed by atoms with Crippen LogP contribution in [0.1, 0.15) is 37.7 Å². The van der Waals surface area contributed by atoms with E-state index in [1.165, 1.54) is 17.0 Å². The summed E-state index contributed by atoms with van der Waals surface area (Å²) in [6.45, 7) is 7.83. The Morgan fingerprint density at radius 1 is 1.12 bits per heavy atom. The van der Waals surface area contributed by atoms with Crippen LogP contribution in [0.15, 0.2) is 36.7 Å². The van der Waals surface area contributed by atoms with Gasteiger partial charge in [0.25, 0.3) is 0 Å². The highest BCUT2D eigenvalue weighted by Gasteiger charge is 2.26. The highest BCUT2D eigenvalue weighted by Crippen LogP contribution is 2.20. The van der Waals surface area contributed by atoms with E-state index in [0.29, 0.717) is 13.1 Å². The molecule has 0 atom stereocenters. The summed E-state index contributed by atoms with van der Waals surface area (Å²) in [5, 5.41) is 0. The van der Waals surface area contributed by atoms with Crippen LogP contribution in [-0.2, 0) is 30.7 Å². The molecule has 0 fully saturated rings. The Labute approximate surface area is 143 Å². The molecule has 1 aliphatic heterocycles. The molecular formula is C19H25N3O2. The fraction of sp³-hybridized carbons (Fsp3) is 0.474. The molecule has 24 heavy (non-hydrogen) atoms. The minimum Gasteiger partial charge on any atom is -0.444 e. The number of amides is 1. The van der Waals surface area contributed by atoms with E-state index in [1.54, 1.807) is 4.90 Å². The second kappa shape index (κ2) is 6.67. The van der Waals surface area contributed by atoms with E-state index in [9.17, 15) is 4.79 Å². The van der Waals surface area contributed by atoms with Gasteiger partial charge in [-0.2, -0.15) is 0 Å². The monoisotopic (exact) mass is 327 g/mol. The van der Waals surface area contributed by atoms with Crippen LogP contribution in [0, 0.1) is 0 Å². The number of nitrogens with zero attached hydrogens (tertiary/aromatic N) is 3. The van der Waals surface area contributed by atoms with E-state index in [0.717, 1.165) is 19.4 Å². The van der Waals surface area contributed by atoms with Gasteiger partial charge in [-0.1, -0.05) is 0 Å². The van der Waals surface area contributed by atoms with E-state index in [1.807, 2.05) is 33.2 Å². The van der Waals surface area contributed by atoms with Crippen LogP contribution in [0.3, 0.4) is 0 Å². The van der Waals surface area contributed by atoms with Crippen molar-refractivity contribution in [3.63, 3.8) is 0 Å². The molecule has 5 heteroatoms. The van der Waals surface area contributed by atoms with E-state index < -0.39 is 5.60 Å². The molecule has 3 heterocycles. The van der Waals surface area contributed by atoms with Gasteiger partial charge in [0, 0.05) is 36.9 Å². The SMILES string of the molecule is CC(C)(C)OC(=O)N1CCn2c(CCc3ccncc3)ccc2C1. The van der Waals surface area contributed by atoms with Crippen LogP contribution in [0.5, 0.6) is 0 Å². The van der Waals surface area contributed by atoms with Crippen molar-refractivity contribution in [1.29, 1.82) is 0 Å². The van der Waals surface area contributed by atoms with Crippen molar-refractivity contribution < 1.29 is 9.53 Å². The fourth-order valence-electron chi connectivity index (χ4n) is 3.00. The molecule has 0 N–H and O–H groups in total. The van der Waals surface area contributed by atoms with E-state index in [-0.39, 0.29) is 6.09 Å². The van der Waals surface area contributed by atoms with Crippen molar-refractivity contribution in [3.8, 4) is 0 Å². The predicted molar refractivity (Wildman–Crippen MR) is 92.7 cm³/mol. The van der Waals surface area contributed by atoms with Gasteiger partial charge in [-0.25, -0.2) is 4.79 Å². The zero-order valence-corrected chi connectivity index (χ0v) is 14.7. The number of ether oxygens (including phenoxy) is 1. The molecule has 0 unspecified atom stereocenters. The number of pyridine rings is 1. The van der Waals surface area contributed by atoms with Crippen molar-refractivity contribution in [3.05, 3.63) is 53.6 Å². The molecular weight excluding hydrogens is 302 g/mol. The van der Waals surface area contributed by atoms with Crippen LogP contribution in [-0.4, -0.2) is 32.7 Å². The number of hydrogen-bond acceptors (Lipinski definition) is 3. The quantitative estimate of drug-likeness (QED) is 0.868. The number of fused-ring (bicyclic) bond motifs is 1. The molecule has 2 aromatic rings. The summed E-state index contributed by atoms with van der Waals surface area (Å²) >= 11 is 0. The topological polar surface area (TPSA) is 47.4 Å². The van der Waals surface area contributed by atoms with Gasteiger partial charge in [-0.05, 0) is 63.4 Å². The zero-order valence-electron chi connectivity index (χ0n) is 14.7. The van der Waals surface area contributed by atoms with Gasteiger partial charge >= 0.3 is 6.09 Å². The van der Waals surface area contributed by atoms with Gasteiger partial charge in [0.2, 0.25) is 0 Å². The van der Waals surface area contributed by atoms with Crippen molar-refractivity contribution in [2.75, 3.05) is 6.54 Å². The third-order valence-corrected chi connectivity index (χ3v) is 4.18. The van der Waals surface area contributed by atoms with Gasteiger partial charge in [-0.15, -0.1) is 0 Å². The van der Waals surface area contributed by atoms with Gasteiger partial charge in [0.05, 0.1) is 6.54 Å². The first kappa shape index (κ1) is 16.6. The predicted octanol–water partition coefficient (Wildman–Crippen LogP) is 3.42. The van der Waals surface area contributed by atoms with Crippen molar-refractivity contribution >= 4 is 6.09 Å². The molecule has 0 aromatic carbocycles. The van der Waals surface area contributed by atoms with Crippen LogP contribution >= 0.6 is 0 Å². The summed E-state index contributed by atoms with van der Waals surface area (Å²) in [4.78, 5) is 18.1. The third-order valence-electron chi connectivity index (χ3n) is 4.18. The summed E-state index contributed by atoms with van der Waals surface area (Å²) < 4.78 is 7.81. The molecule has 0 saturated heterocycles. The van der Waals surface area contributed by atoms with Crippen molar-refractivity contribution in [1.82, 2.24) is 14.5 Å². The first-order chi connectivity index (χ1) is 11.4. The summed E-state index contributed by atoms with van der Waals surface area (Å²) in [7, 11) is 0. The normalized spacial score (nSPS) is 14.4. The molecule has 0 spiro atoms. The Balaban J connectivity index is 1.63. The van der Waals surface area contributed by atoms with Crippen LogP contribution in [0.2, 0.25) is 0 Å². The second-order valence-corrected chi connectivity index (χ2v) is 7.23. The van der Waals surface area contributed by atoms with Gasteiger partial charge < -0.3 is 14.2 Å². The minimum atomic E-state index is -0.452. The second-order valence-electron chi connectivity index (χ2n) is 7.23. The molecule has 2 aromatic heterocycles. The number of aromatic nitrogens is 2. The first-order valence-electron chi connectivity index (χ1n) is 8.46. The number of rotatable bonds is 3. The lowest BCUT2D eigenvalue weighted by Crippen LogP contribution is -2.41. The highest BCUT2D eigenvalue weighted by molar-refractivity contribution is 5.68. The minimum absolute atomic E-state index is 0.228. The molecule has 0 radical (unpaired) electrons. The molecule has 128 valence electrons. The maximum atomic E-state index is 12.2. The smallest absolute Gasteiger partial charge is 0.410 e. The number of carbonyl (C=O) groups is 1. The molecule has 0 bridgehead atoms. The summed E-state index contributed by atoms with van der Waals surface area (Å²) in [6, 6.07) is 8.42. The fourth-order valence-corrected chi connectivity index (χ4v) is 3.00. The van der Waals surface area contributed by atoms with Gasteiger partial charge in [0.1, 0.15) is 5.60 Å². The van der Waals surface area contributed by atoms with Crippen molar-refractivity contribution in [2.24, 2.45) is 0 Å². The summed E-state index contributed by atoms with van der Waals surface area (Å²) in [5.41, 5.74) is 3.35. The Bertz CT molecular complexity index is 701. The number of hydrogen-bond donors (Lipinski definition) is 0. The third kappa shape index (κ3) is 3.96. The standard InChI is InChI=1S/C19H25N3O2/c1-19(2,3)24-18(23)21-12-13-22-16(6-7-17(22)14-21)5-4-15-8-10-20-11-9-15/h6-11H,4-5,12-14H2,1-3H3. The van der Waals surface area contributed by atoms with E-state index >= 15 is 0 Å². The number of aryl methyl sites for hydroxylation is 2. The average Bonchev–Trinajstić information content (AvgIpc) is 2.94. The lowest BCUT2D eigenvalue weighted by Gasteiger charge is -2.31. The molecule has 0 saturated carbocycles. The Morgan fingerprint density at radius 2 is 1.88 bits per heavy atom.